The molecule has 0 aromatic heterocycles. The minimum Gasteiger partial charge on any atom is -0.494 e. The molecule has 0 N–H and O–H groups in total. The van der Waals surface area contributed by atoms with Crippen molar-refractivity contribution in [1.29, 1.82) is 0 Å². The summed E-state index contributed by atoms with van der Waals surface area (Å²) in [7, 11) is 0. The van der Waals surface area contributed by atoms with Gasteiger partial charge in [-0.1, -0.05) is 18.2 Å². The van der Waals surface area contributed by atoms with Gasteiger partial charge in [0, 0.05) is 0 Å². The highest BCUT2D eigenvalue weighted by atomic mass is 16.5. The number of hydrogen-bond acceptors (Lipinski definition) is 1. The molecule has 0 spiro atoms. The number of hydrogen-bond donors (Lipinski definition) is 0. The van der Waals surface area contributed by atoms with E-state index < -0.39 is 0 Å². The molecular weight excluding hydrogens is 196 g/mol. The fourth-order valence-electron chi connectivity index (χ4n) is 1.84. The van der Waals surface area contributed by atoms with Crippen LogP contribution < -0.4 is 4.74 Å². The zero-order chi connectivity index (χ0) is 12.0. The van der Waals surface area contributed by atoms with Crippen molar-refractivity contribution in [2.24, 2.45) is 0 Å². The van der Waals surface area contributed by atoms with E-state index in [4.69, 9.17) is 4.74 Å². The third-order valence-corrected chi connectivity index (χ3v) is 2.97. The molecule has 1 nitrogen and oxygen atoms in total. The Labute approximate surface area is 99.1 Å². The molecule has 1 rings (SSSR count). The molecule has 88 valence electrons. The van der Waals surface area contributed by atoms with E-state index in [1.165, 1.54) is 16.7 Å². The Bertz CT molecular complexity index is 364. The van der Waals surface area contributed by atoms with Gasteiger partial charge in [0.1, 0.15) is 5.75 Å². The molecule has 0 bridgehead atoms. The summed E-state index contributed by atoms with van der Waals surface area (Å²) in [4.78, 5) is 0. The van der Waals surface area contributed by atoms with E-state index in [-0.39, 0.29) is 0 Å². The lowest BCUT2D eigenvalue weighted by molar-refractivity contribution is 0.337. The largest absolute Gasteiger partial charge is 0.494 e. The molecule has 0 atom stereocenters. The maximum absolute atomic E-state index is 5.58. The standard InChI is InChI=1S/C15H22O/c1-5-7-8-9-14-10-11-15(16-6-2)13(4)12(14)3/h5,7,10-11H,6,8-9H2,1-4H3/b7-5-. The van der Waals surface area contributed by atoms with Gasteiger partial charge < -0.3 is 4.74 Å². The highest BCUT2D eigenvalue weighted by Gasteiger charge is 2.06. The van der Waals surface area contributed by atoms with Crippen LogP contribution in [0.3, 0.4) is 0 Å². The maximum atomic E-state index is 5.58. The van der Waals surface area contributed by atoms with Crippen LogP contribution >= 0.6 is 0 Å². The number of rotatable bonds is 5. The molecule has 0 heterocycles. The predicted octanol–water partition coefficient (Wildman–Crippen LogP) is 4.21. The molecule has 0 saturated heterocycles. The second-order valence-corrected chi connectivity index (χ2v) is 4.01. The van der Waals surface area contributed by atoms with Gasteiger partial charge in [-0.05, 0) is 63.3 Å². The molecule has 0 aliphatic carbocycles. The topological polar surface area (TPSA) is 9.23 Å². The van der Waals surface area contributed by atoms with Gasteiger partial charge in [-0.3, -0.25) is 0 Å². The van der Waals surface area contributed by atoms with Crippen molar-refractivity contribution in [3.05, 3.63) is 41.0 Å². The van der Waals surface area contributed by atoms with Crippen molar-refractivity contribution in [2.75, 3.05) is 6.61 Å². The van der Waals surface area contributed by atoms with Crippen molar-refractivity contribution in [3.8, 4) is 5.75 Å². The smallest absolute Gasteiger partial charge is 0.122 e. The third-order valence-electron chi connectivity index (χ3n) is 2.97. The molecule has 1 aromatic carbocycles. The predicted molar refractivity (Wildman–Crippen MR) is 70.2 cm³/mol. The lowest BCUT2D eigenvalue weighted by atomic mass is 9.99. The molecule has 0 amide bonds. The molecule has 0 aliphatic heterocycles. The molecule has 0 unspecified atom stereocenters. The molecule has 16 heavy (non-hydrogen) atoms. The number of ether oxygens (including phenoxy) is 1. The minimum absolute atomic E-state index is 0.734. The molecule has 0 aliphatic rings. The van der Waals surface area contributed by atoms with Crippen LogP contribution in [-0.4, -0.2) is 6.61 Å². The normalized spacial score (nSPS) is 11.0. The second-order valence-electron chi connectivity index (χ2n) is 4.01. The number of aryl methyl sites for hydroxylation is 1. The quantitative estimate of drug-likeness (QED) is 0.673. The lowest BCUT2D eigenvalue weighted by Gasteiger charge is -2.13. The lowest BCUT2D eigenvalue weighted by Crippen LogP contribution is -1.98. The van der Waals surface area contributed by atoms with Gasteiger partial charge in [0.15, 0.2) is 0 Å². The average molecular weight is 218 g/mol. The van der Waals surface area contributed by atoms with Crippen LogP contribution in [0.1, 0.15) is 37.0 Å². The summed E-state index contributed by atoms with van der Waals surface area (Å²) in [5, 5.41) is 0. The Morgan fingerprint density at radius 2 is 1.94 bits per heavy atom. The summed E-state index contributed by atoms with van der Waals surface area (Å²) in [5.41, 5.74) is 4.08. The molecule has 0 saturated carbocycles. The van der Waals surface area contributed by atoms with E-state index in [2.05, 4.69) is 45.1 Å². The van der Waals surface area contributed by atoms with Gasteiger partial charge in [0.2, 0.25) is 0 Å². The van der Waals surface area contributed by atoms with Crippen molar-refractivity contribution in [1.82, 2.24) is 0 Å². The van der Waals surface area contributed by atoms with E-state index in [1.54, 1.807) is 0 Å². The molecule has 1 aromatic rings. The van der Waals surface area contributed by atoms with Gasteiger partial charge in [-0.2, -0.15) is 0 Å². The highest BCUT2D eigenvalue weighted by Crippen LogP contribution is 2.25. The summed E-state index contributed by atoms with van der Waals surface area (Å²) in [5.74, 6) is 1.02. The van der Waals surface area contributed by atoms with Gasteiger partial charge in [-0.15, -0.1) is 0 Å². The van der Waals surface area contributed by atoms with E-state index >= 15 is 0 Å². The first-order valence-electron chi connectivity index (χ1n) is 6.03. The summed E-state index contributed by atoms with van der Waals surface area (Å²) < 4.78 is 5.58. The first kappa shape index (κ1) is 12.8. The molecular formula is C15H22O. The van der Waals surface area contributed by atoms with Gasteiger partial charge >= 0.3 is 0 Å². The number of benzene rings is 1. The zero-order valence-corrected chi connectivity index (χ0v) is 10.8. The van der Waals surface area contributed by atoms with Crippen LogP contribution in [0.15, 0.2) is 24.3 Å². The Balaban J connectivity index is 2.84. The van der Waals surface area contributed by atoms with E-state index in [1.807, 2.05) is 6.92 Å². The fraction of sp³-hybridized carbons (Fsp3) is 0.467. The summed E-state index contributed by atoms with van der Waals surface area (Å²) >= 11 is 0. The van der Waals surface area contributed by atoms with Crippen LogP contribution in [-0.2, 0) is 6.42 Å². The monoisotopic (exact) mass is 218 g/mol. The second kappa shape index (κ2) is 6.37. The van der Waals surface area contributed by atoms with Crippen molar-refractivity contribution in [2.45, 2.75) is 40.5 Å². The minimum atomic E-state index is 0.734. The number of allylic oxidation sites excluding steroid dienone is 2. The Hall–Kier alpha value is -1.24. The molecule has 0 fully saturated rings. The SMILES string of the molecule is C/C=C\CCc1ccc(OCC)c(C)c1C. The molecule has 0 radical (unpaired) electrons. The van der Waals surface area contributed by atoms with E-state index in [0.29, 0.717) is 0 Å². The van der Waals surface area contributed by atoms with Crippen LogP contribution in [0.25, 0.3) is 0 Å². The highest BCUT2D eigenvalue weighted by molar-refractivity contribution is 5.43. The Kier molecular flexibility index (Phi) is 5.10. The Morgan fingerprint density at radius 1 is 1.19 bits per heavy atom. The van der Waals surface area contributed by atoms with Crippen LogP contribution in [0.4, 0.5) is 0 Å². The maximum Gasteiger partial charge on any atom is 0.122 e. The van der Waals surface area contributed by atoms with Crippen LogP contribution in [0.2, 0.25) is 0 Å². The summed E-state index contributed by atoms with van der Waals surface area (Å²) in [6, 6.07) is 4.29. The van der Waals surface area contributed by atoms with Crippen molar-refractivity contribution < 1.29 is 4.74 Å². The van der Waals surface area contributed by atoms with Crippen LogP contribution in [0, 0.1) is 13.8 Å². The fourth-order valence-corrected chi connectivity index (χ4v) is 1.84. The average Bonchev–Trinajstić information content (AvgIpc) is 2.28. The van der Waals surface area contributed by atoms with Crippen LogP contribution in [0.5, 0.6) is 5.75 Å². The van der Waals surface area contributed by atoms with E-state index in [0.717, 1.165) is 25.2 Å². The van der Waals surface area contributed by atoms with E-state index in [9.17, 15) is 0 Å². The van der Waals surface area contributed by atoms with Gasteiger partial charge in [0.05, 0.1) is 6.61 Å². The van der Waals surface area contributed by atoms with Crippen molar-refractivity contribution in [3.63, 3.8) is 0 Å². The summed E-state index contributed by atoms with van der Waals surface area (Å²) in [6.45, 7) is 9.14. The Morgan fingerprint density at radius 3 is 2.56 bits per heavy atom. The molecule has 1 heteroatoms. The first-order valence-corrected chi connectivity index (χ1v) is 6.03. The van der Waals surface area contributed by atoms with Crippen molar-refractivity contribution >= 4 is 0 Å². The third kappa shape index (κ3) is 3.13. The zero-order valence-electron chi connectivity index (χ0n) is 10.8. The van der Waals surface area contributed by atoms with Gasteiger partial charge in [0.25, 0.3) is 0 Å². The first-order chi connectivity index (χ1) is 7.70. The summed E-state index contributed by atoms with van der Waals surface area (Å²) in [6.07, 6.45) is 6.55. The van der Waals surface area contributed by atoms with Gasteiger partial charge in [-0.25, -0.2) is 0 Å².